The van der Waals surface area contributed by atoms with Crippen LogP contribution in [0.1, 0.15) is 16.7 Å². The van der Waals surface area contributed by atoms with Gasteiger partial charge < -0.3 is 0 Å². The van der Waals surface area contributed by atoms with Gasteiger partial charge in [0.15, 0.2) is 0 Å². The van der Waals surface area contributed by atoms with Gasteiger partial charge in [-0.15, -0.1) is 11.8 Å². The number of nitrogens with two attached hydrogens (primary N) is 2. The summed E-state index contributed by atoms with van der Waals surface area (Å²) in [4.78, 5) is 16.9. The Hall–Kier alpha value is -2.00. The Labute approximate surface area is 175 Å². The fraction of sp³-hybridized carbons (Fsp3) is 0.300. The fourth-order valence-corrected chi connectivity index (χ4v) is 4.29. The topological polar surface area (TPSA) is 88.0 Å². The van der Waals surface area contributed by atoms with E-state index in [-0.39, 0.29) is 0 Å². The van der Waals surface area contributed by atoms with Crippen molar-refractivity contribution in [3.8, 4) is 0 Å². The zero-order valence-corrected chi connectivity index (χ0v) is 18.1. The highest BCUT2D eigenvalue weighted by molar-refractivity contribution is 8.38. The summed E-state index contributed by atoms with van der Waals surface area (Å²) in [7, 11) is 1.47. The van der Waals surface area contributed by atoms with Crippen molar-refractivity contribution in [3.05, 3.63) is 65.2 Å². The zero-order valence-electron chi connectivity index (χ0n) is 16.5. The number of aryl methyl sites for hydroxylation is 1. The van der Waals surface area contributed by atoms with Gasteiger partial charge in [0, 0.05) is 19.3 Å². The van der Waals surface area contributed by atoms with Crippen molar-refractivity contribution in [3.63, 3.8) is 0 Å². The van der Waals surface area contributed by atoms with Gasteiger partial charge in [-0.2, -0.15) is 0 Å². The number of nitrogens with zero attached hydrogens (tertiary/aromatic N) is 3. The summed E-state index contributed by atoms with van der Waals surface area (Å²) in [6.45, 7) is 2.75. The predicted octanol–water partition coefficient (Wildman–Crippen LogP) is 3.80. The molecular formula is C20H27N5OS2. The highest BCUT2D eigenvalue weighted by atomic mass is 32.2. The summed E-state index contributed by atoms with van der Waals surface area (Å²) >= 11 is 3.28. The second-order valence-electron chi connectivity index (χ2n) is 6.21. The van der Waals surface area contributed by atoms with Gasteiger partial charge in [-0.1, -0.05) is 54.2 Å². The molecule has 0 aliphatic carbocycles. The molecule has 0 fully saturated rings. The normalized spacial score (nSPS) is 11.4. The van der Waals surface area contributed by atoms with Gasteiger partial charge in [0.1, 0.15) is 4.38 Å². The van der Waals surface area contributed by atoms with E-state index in [1.165, 1.54) is 12.6 Å². The number of aliphatic imine (C=N–C) groups is 1. The van der Waals surface area contributed by atoms with E-state index in [1.54, 1.807) is 23.5 Å². The number of urea groups is 1. The van der Waals surface area contributed by atoms with Gasteiger partial charge in [-0.3, -0.25) is 10.0 Å². The number of amides is 2. The molecule has 0 aliphatic rings. The van der Waals surface area contributed by atoms with Crippen molar-refractivity contribution < 1.29 is 4.79 Å². The Morgan fingerprint density at radius 3 is 2.46 bits per heavy atom. The molecule has 0 atom stereocenters. The number of rotatable bonds is 6. The standard InChI is InChI=1S/C20H27N5OS2/c1-15-8-7-11-18(25(22)20(26)24(2)21)17(15)14-28-19(27-3)23-13-12-16-9-5-4-6-10-16/h4-11H,12-14,21-22H2,1-3H3. The van der Waals surface area contributed by atoms with Gasteiger partial charge in [0.2, 0.25) is 0 Å². The minimum atomic E-state index is -0.474. The lowest BCUT2D eigenvalue weighted by atomic mass is 10.1. The molecule has 8 heteroatoms. The first-order chi connectivity index (χ1) is 13.4. The van der Waals surface area contributed by atoms with Crippen LogP contribution in [0.4, 0.5) is 10.5 Å². The lowest BCUT2D eigenvalue weighted by molar-refractivity contribution is 0.216. The molecule has 2 rings (SSSR count). The minimum absolute atomic E-state index is 0.474. The van der Waals surface area contributed by atoms with Gasteiger partial charge in [-0.05, 0) is 42.4 Å². The summed E-state index contributed by atoms with van der Waals surface area (Å²) in [6, 6.07) is 15.6. The van der Waals surface area contributed by atoms with Crippen molar-refractivity contribution in [1.82, 2.24) is 5.01 Å². The molecule has 0 saturated carbocycles. The SMILES string of the molecule is CSC(=NCCc1ccccc1)SCc1c(C)cccc1N(N)C(=O)N(C)N. The first kappa shape index (κ1) is 22.3. The molecule has 0 bridgehead atoms. The molecule has 2 aromatic carbocycles. The Balaban J connectivity index is 2.07. The van der Waals surface area contributed by atoms with Crippen LogP contribution < -0.4 is 16.7 Å². The van der Waals surface area contributed by atoms with Crippen LogP contribution in [-0.4, -0.2) is 35.3 Å². The first-order valence-corrected chi connectivity index (χ1v) is 11.1. The minimum Gasteiger partial charge on any atom is -0.271 e. The highest BCUT2D eigenvalue weighted by Crippen LogP contribution is 2.29. The van der Waals surface area contributed by atoms with Crippen LogP contribution >= 0.6 is 23.5 Å². The smallest absolute Gasteiger partial charge is 0.271 e. The fourth-order valence-electron chi connectivity index (χ4n) is 2.60. The van der Waals surface area contributed by atoms with Gasteiger partial charge in [0.05, 0.1) is 5.69 Å². The molecule has 2 amide bonds. The summed E-state index contributed by atoms with van der Waals surface area (Å²) in [5.41, 5.74) is 3.99. The lowest BCUT2D eigenvalue weighted by Crippen LogP contribution is -2.49. The molecule has 28 heavy (non-hydrogen) atoms. The van der Waals surface area contributed by atoms with Crippen molar-refractivity contribution in [2.75, 3.05) is 24.9 Å². The monoisotopic (exact) mass is 417 g/mol. The molecule has 0 unspecified atom stereocenters. The third-order valence-electron chi connectivity index (χ3n) is 4.15. The molecule has 6 nitrogen and oxygen atoms in total. The first-order valence-electron chi connectivity index (χ1n) is 8.85. The summed E-state index contributed by atoms with van der Waals surface area (Å²) in [5, 5.41) is 2.06. The highest BCUT2D eigenvalue weighted by Gasteiger charge is 2.19. The molecule has 0 radical (unpaired) electrons. The van der Waals surface area contributed by atoms with Crippen LogP contribution in [-0.2, 0) is 12.2 Å². The van der Waals surface area contributed by atoms with Crippen LogP contribution in [0.5, 0.6) is 0 Å². The second-order valence-corrected chi connectivity index (χ2v) is 8.23. The number of carbonyl (C=O) groups is 1. The largest absolute Gasteiger partial charge is 0.352 e. The number of benzene rings is 2. The number of hydrogen-bond donors (Lipinski definition) is 2. The molecule has 2 aromatic rings. The van der Waals surface area contributed by atoms with Crippen molar-refractivity contribution >= 4 is 39.6 Å². The maximum atomic E-state index is 12.1. The Morgan fingerprint density at radius 1 is 1.11 bits per heavy atom. The van der Waals surface area contributed by atoms with E-state index < -0.39 is 6.03 Å². The third-order valence-corrected chi connectivity index (χ3v) is 6.29. The third kappa shape index (κ3) is 6.27. The van der Waals surface area contributed by atoms with E-state index in [1.807, 2.05) is 49.6 Å². The van der Waals surface area contributed by atoms with Crippen LogP contribution in [0, 0.1) is 6.92 Å². The predicted molar refractivity (Wildman–Crippen MR) is 122 cm³/mol. The van der Waals surface area contributed by atoms with Crippen molar-refractivity contribution in [1.29, 1.82) is 0 Å². The van der Waals surface area contributed by atoms with Crippen molar-refractivity contribution in [2.24, 2.45) is 16.7 Å². The van der Waals surface area contributed by atoms with Crippen LogP contribution in [0.15, 0.2) is 53.5 Å². The Bertz CT molecular complexity index is 811. The number of anilines is 1. The summed E-state index contributed by atoms with van der Waals surface area (Å²) in [6.07, 6.45) is 2.93. The van der Waals surface area contributed by atoms with Crippen LogP contribution in [0.2, 0.25) is 0 Å². The number of hydrazine groups is 2. The van der Waals surface area contributed by atoms with E-state index in [4.69, 9.17) is 16.7 Å². The molecule has 0 aromatic heterocycles. The zero-order chi connectivity index (χ0) is 20.5. The van der Waals surface area contributed by atoms with E-state index in [2.05, 4.69) is 12.1 Å². The van der Waals surface area contributed by atoms with E-state index in [0.717, 1.165) is 38.5 Å². The average Bonchev–Trinajstić information content (AvgIpc) is 2.70. The summed E-state index contributed by atoms with van der Waals surface area (Å²) < 4.78 is 1.01. The molecule has 0 spiro atoms. The molecule has 150 valence electrons. The Kier molecular flexibility index (Phi) is 8.85. The van der Waals surface area contributed by atoms with Crippen LogP contribution in [0.25, 0.3) is 0 Å². The quantitative estimate of drug-likeness (QED) is 0.245. The van der Waals surface area contributed by atoms with E-state index in [0.29, 0.717) is 11.4 Å². The second kappa shape index (κ2) is 11.1. The Morgan fingerprint density at radius 2 is 1.82 bits per heavy atom. The lowest BCUT2D eigenvalue weighted by Gasteiger charge is -2.24. The number of carbonyl (C=O) groups excluding carboxylic acids is 1. The molecule has 4 N–H and O–H groups in total. The van der Waals surface area contributed by atoms with E-state index >= 15 is 0 Å². The van der Waals surface area contributed by atoms with Gasteiger partial charge in [0.25, 0.3) is 0 Å². The number of thioether (sulfide) groups is 2. The van der Waals surface area contributed by atoms with Gasteiger partial charge in [-0.25, -0.2) is 21.5 Å². The molecule has 0 aliphatic heterocycles. The number of hydrogen-bond acceptors (Lipinski definition) is 6. The maximum Gasteiger partial charge on any atom is 0.352 e. The molecule has 0 saturated heterocycles. The van der Waals surface area contributed by atoms with Gasteiger partial charge >= 0.3 is 6.03 Å². The van der Waals surface area contributed by atoms with Crippen molar-refractivity contribution in [2.45, 2.75) is 19.1 Å². The summed E-state index contributed by atoms with van der Waals surface area (Å²) in [5.74, 6) is 12.2. The maximum absolute atomic E-state index is 12.1. The van der Waals surface area contributed by atoms with Crippen LogP contribution in [0.3, 0.4) is 0 Å². The molecular weight excluding hydrogens is 390 g/mol. The van der Waals surface area contributed by atoms with E-state index in [9.17, 15) is 4.79 Å². The molecule has 0 heterocycles. The average molecular weight is 418 g/mol.